The van der Waals surface area contributed by atoms with Gasteiger partial charge in [-0.1, -0.05) is 6.42 Å². The molecule has 2 heterocycles. The Hall–Kier alpha value is -1.00. The van der Waals surface area contributed by atoms with Gasteiger partial charge in [0.25, 0.3) is 0 Å². The molecule has 1 aliphatic carbocycles. The van der Waals surface area contributed by atoms with Crippen molar-refractivity contribution < 1.29 is 4.39 Å². The largest absolute Gasteiger partial charge is 0.307 e. The Kier molecular flexibility index (Phi) is 2.42. The molecule has 18 heavy (non-hydrogen) atoms. The first kappa shape index (κ1) is 10.9. The summed E-state index contributed by atoms with van der Waals surface area (Å²) in [7, 11) is 0. The molecule has 1 aromatic heterocycles. The lowest BCUT2D eigenvalue weighted by molar-refractivity contribution is 0.421. The van der Waals surface area contributed by atoms with Crippen LogP contribution in [-0.4, -0.2) is 11.5 Å². The number of rotatable bonds is 1. The lowest BCUT2D eigenvalue weighted by Crippen LogP contribution is -2.17. The van der Waals surface area contributed by atoms with Crippen molar-refractivity contribution in [2.45, 2.75) is 25.3 Å². The van der Waals surface area contributed by atoms with Gasteiger partial charge in [0.1, 0.15) is 10.8 Å². The van der Waals surface area contributed by atoms with Gasteiger partial charge >= 0.3 is 0 Å². The van der Waals surface area contributed by atoms with Gasteiger partial charge in [-0.15, -0.1) is 11.3 Å². The van der Waals surface area contributed by atoms with Gasteiger partial charge in [0.15, 0.2) is 0 Å². The highest BCUT2D eigenvalue weighted by molar-refractivity contribution is 7.18. The van der Waals surface area contributed by atoms with Gasteiger partial charge in [0.2, 0.25) is 0 Å². The van der Waals surface area contributed by atoms with Gasteiger partial charge < -0.3 is 5.32 Å². The van der Waals surface area contributed by atoms with Crippen LogP contribution in [0.2, 0.25) is 0 Å². The number of benzene rings is 1. The van der Waals surface area contributed by atoms with Crippen molar-refractivity contribution in [1.82, 2.24) is 10.3 Å². The van der Waals surface area contributed by atoms with E-state index in [1.54, 1.807) is 11.3 Å². The maximum absolute atomic E-state index is 13.2. The van der Waals surface area contributed by atoms with E-state index in [0.29, 0.717) is 6.04 Å². The van der Waals surface area contributed by atoms with Crippen molar-refractivity contribution in [1.29, 1.82) is 0 Å². The van der Waals surface area contributed by atoms with Crippen LogP contribution >= 0.6 is 11.3 Å². The SMILES string of the molecule is Fc1ccc2sc(C3NCC4CCCC43)nc2c1. The number of halogens is 1. The van der Waals surface area contributed by atoms with E-state index in [-0.39, 0.29) is 5.82 Å². The summed E-state index contributed by atoms with van der Waals surface area (Å²) >= 11 is 1.71. The molecule has 1 saturated heterocycles. The number of nitrogens with zero attached hydrogens (tertiary/aromatic N) is 1. The fourth-order valence-electron chi connectivity index (χ4n) is 3.51. The Labute approximate surface area is 109 Å². The van der Waals surface area contributed by atoms with Gasteiger partial charge in [-0.05, 0) is 43.4 Å². The van der Waals surface area contributed by atoms with Crippen LogP contribution in [0.5, 0.6) is 0 Å². The van der Waals surface area contributed by atoms with E-state index in [0.717, 1.165) is 33.6 Å². The molecule has 0 radical (unpaired) electrons. The number of hydrogen-bond acceptors (Lipinski definition) is 3. The normalized spacial score (nSPS) is 31.1. The lowest BCUT2D eigenvalue weighted by atomic mass is 9.94. The lowest BCUT2D eigenvalue weighted by Gasteiger charge is -2.14. The van der Waals surface area contributed by atoms with E-state index < -0.39 is 0 Å². The molecule has 0 spiro atoms. The minimum atomic E-state index is -0.197. The monoisotopic (exact) mass is 262 g/mol. The summed E-state index contributed by atoms with van der Waals surface area (Å²) in [5, 5.41) is 4.75. The van der Waals surface area contributed by atoms with Crippen LogP contribution in [0, 0.1) is 17.7 Å². The molecule has 2 aromatic rings. The van der Waals surface area contributed by atoms with E-state index >= 15 is 0 Å². The molecule has 1 N–H and O–H groups in total. The van der Waals surface area contributed by atoms with Gasteiger partial charge in [-0.2, -0.15) is 0 Å². The molecule has 3 unspecified atom stereocenters. The molecule has 94 valence electrons. The first-order valence-corrected chi connectivity index (χ1v) is 7.42. The van der Waals surface area contributed by atoms with Crippen LogP contribution in [-0.2, 0) is 0 Å². The summed E-state index contributed by atoms with van der Waals surface area (Å²) < 4.78 is 14.3. The topological polar surface area (TPSA) is 24.9 Å². The van der Waals surface area contributed by atoms with Crippen LogP contribution in [0.1, 0.15) is 30.3 Å². The second-order valence-electron chi connectivity index (χ2n) is 5.40. The van der Waals surface area contributed by atoms with Crippen molar-refractivity contribution in [2.75, 3.05) is 6.54 Å². The Morgan fingerprint density at radius 3 is 3.22 bits per heavy atom. The van der Waals surface area contributed by atoms with Gasteiger partial charge in [-0.3, -0.25) is 0 Å². The smallest absolute Gasteiger partial charge is 0.125 e. The second-order valence-corrected chi connectivity index (χ2v) is 6.47. The number of hydrogen-bond donors (Lipinski definition) is 1. The van der Waals surface area contributed by atoms with Crippen LogP contribution in [0.25, 0.3) is 10.2 Å². The molecule has 2 aliphatic rings. The fraction of sp³-hybridized carbons (Fsp3) is 0.500. The highest BCUT2D eigenvalue weighted by Crippen LogP contribution is 2.45. The minimum absolute atomic E-state index is 0.197. The van der Waals surface area contributed by atoms with Crippen LogP contribution in [0.15, 0.2) is 18.2 Å². The van der Waals surface area contributed by atoms with Crippen molar-refractivity contribution in [3.05, 3.63) is 29.0 Å². The predicted octanol–water partition coefficient (Wildman–Crippen LogP) is 3.50. The van der Waals surface area contributed by atoms with Gasteiger partial charge in [0, 0.05) is 6.07 Å². The molecule has 0 amide bonds. The van der Waals surface area contributed by atoms with Crippen LogP contribution in [0.3, 0.4) is 0 Å². The maximum atomic E-state index is 13.2. The minimum Gasteiger partial charge on any atom is -0.307 e. The highest BCUT2D eigenvalue weighted by Gasteiger charge is 2.40. The third-order valence-electron chi connectivity index (χ3n) is 4.38. The third-order valence-corrected chi connectivity index (χ3v) is 5.50. The summed E-state index contributed by atoms with van der Waals surface area (Å²) in [5.74, 6) is 1.38. The van der Waals surface area contributed by atoms with Crippen molar-refractivity contribution in [3.63, 3.8) is 0 Å². The first-order chi connectivity index (χ1) is 8.81. The Balaban J connectivity index is 1.74. The molecule has 1 aromatic carbocycles. The molecule has 1 aliphatic heterocycles. The predicted molar refractivity (Wildman–Crippen MR) is 71.2 cm³/mol. The molecular formula is C14H15FN2S. The number of thiazole rings is 1. The van der Waals surface area contributed by atoms with E-state index in [4.69, 9.17) is 0 Å². The van der Waals surface area contributed by atoms with E-state index in [1.807, 2.05) is 6.07 Å². The van der Waals surface area contributed by atoms with E-state index in [9.17, 15) is 4.39 Å². The standard InChI is InChI=1S/C14H15FN2S/c15-9-4-5-12-11(6-9)17-14(18-12)13-10-3-1-2-8(10)7-16-13/h4-6,8,10,13,16H,1-3,7H2. The number of aromatic nitrogens is 1. The van der Waals surface area contributed by atoms with Gasteiger partial charge in [-0.25, -0.2) is 9.37 Å². The zero-order valence-corrected chi connectivity index (χ0v) is 10.8. The molecule has 2 nitrogen and oxygen atoms in total. The molecule has 4 heteroatoms. The molecule has 2 fully saturated rings. The quantitative estimate of drug-likeness (QED) is 0.851. The average molecular weight is 262 g/mol. The number of nitrogens with one attached hydrogen (secondary N) is 1. The fourth-order valence-corrected chi connectivity index (χ4v) is 4.61. The van der Waals surface area contributed by atoms with Crippen molar-refractivity contribution in [3.8, 4) is 0 Å². The highest BCUT2D eigenvalue weighted by atomic mass is 32.1. The van der Waals surface area contributed by atoms with Crippen LogP contribution < -0.4 is 5.32 Å². The van der Waals surface area contributed by atoms with Crippen molar-refractivity contribution >= 4 is 21.6 Å². The molecule has 3 atom stereocenters. The average Bonchev–Trinajstić information content (AvgIpc) is 3.00. The Morgan fingerprint density at radius 1 is 1.33 bits per heavy atom. The summed E-state index contributed by atoms with van der Waals surface area (Å²) in [6, 6.07) is 5.30. The Morgan fingerprint density at radius 2 is 2.28 bits per heavy atom. The Bertz CT molecular complexity index is 594. The van der Waals surface area contributed by atoms with Gasteiger partial charge in [0.05, 0.1) is 16.3 Å². The van der Waals surface area contributed by atoms with E-state index in [1.165, 1.54) is 31.4 Å². The maximum Gasteiger partial charge on any atom is 0.125 e. The molecular weight excluding hydrogens is 247 g/mol. The molecule has 0 bridgehead atoms. The first-order valence-electron chi connectivity index (χ1n) is 6.60. The second kappa shape index (κ2) is 4.00. The zero-order valence-electron chi connectivity index (χ0n) is 10.0. The number of fused-ring (bicyclic) bond motifs is 2. The zero-order chi connectivity index (χ0) is 12.1. The summed E-state index contributed by atoms with van der Waals surface area (Å²) in [6.45, 7) is 1.12. The molecule has 4 rings (SSSR count). The van der Waals surface area contributed by atoms with E-state index in [2.05, 4.69) is 10.3 Å². The summed E-state index contributed by atoms with van der Waals surface area (Å²) in [4.78, 5) is 4.63. The van der Waals surface area contributed by atoms with Crippen LogP contribution in [0.4, 0.5) is 4.39 Å². The molecule has 1 saturated carbocycles. The van der Waals surface area contributed by atoms with Crippen molar-refractivity contribution in [2.24, 2.45) is 11.8 Å². The summed E-state index contributed by atoms with van der Waals surface area (Å²) in [5.41, 5.74) is 0.804. The third kappa shape index (κ3) is 1.59. The summed E-state index contributed by atoms with van der Waals surface area (Å²) in [6.07, 6.45) is 4.02.